The first-order chi connectivity index (χ1) is 16.4. The normalized spacial score (nSPS) is 18.8. The zero-order chi connectivity index (χ0) is 24.1. The Morgan fingerprint density at radius 2 is 1.66 bits per heavy atom. The van der Waals surface area contributed by atoms with Crippen LogP contribution in [0.15, 0.2) is 101 Å². The zero-order valence-corrected chi connectivity index (χ0v) is 21.8. The number of aliphatic hydroxyl groups excluding tert-OH is 1. The number of nitrogens with zero attached hydrogens (tertiary/aromatic N) is 3. The standard InChI is InChI=1S/C30H33N3O.Co/c1-5-33-27-17-16-25(22(2)3)20-26(27)30(4,21-23-12-8-6-9-13-23)28(33)18-19-31-32-29(34)24-14-10-7-11-15-24;/h6-20,22H,5,21H2,1-4H3,(H,32,34);/b28-18-,31-19+;. The van der Waals surface area contributed by atoms with E-state index in [9.17, 15) is 5.11 Å². The summed E-state index contributed by atoms with van der Waals surface area (Å²) in [6, 6.07) is 26.8. The fourth-order valence-electron chi connectivity index (χ4n) is 4.80. The van der Waals surface area contributed by atoms with Crippen molar-refractivity contribution in [3.05, 3.63) is 113 Å². The molecule has 1 heterocycles. The third-order valence-electron chi connectivity index (χ3n) is 6.63. The molecule has 0 fully saturated rings. The summed E-state index contributed by atoms with van der Waals surface area (Å²) in [6.45, 7) is 9.84. The monoisotopic (exact) mass is 510 g/mol. The fourth-order valence-corrected chi connectivity index (χ4v) is 4.80. The van der Waals surface area contributed by atoms with E-state index in [4.69, 9.17) is 0 Å². The van der Waals surface area contributed by atoms with Crippen molar-refractivity contribution in [2.24, 2.45) is 10.2 Å². The maximum absolute atomic E-state index is 10.2. The summed E-state index contributed by atoms with van der Waals surface area (Å²) in [6.07, 6.45) is 4.62. The van der Waals surface area contributed by atoms with Crippen LogP contribution in [0, 0.1) is 0 Å². The summed E-state index contributed by atoms with van der Waals surface area (Å²) in [5.41, 5.74) is 6.86. The molecule has 1 aliphatic rings. The molecule has 183 valence electrons. The van der Waals surface area contributed by atoms with Crippen molar-refractivity contribution >= 4 is 17.8 Å². The van der Waals surface area contributed by atoms with E-state index in [1.54, 1.807) is 6.21 Å². The third-order valence-corrected chi connectivity index (χ3v) is 6.63. The van der Waals surface area contributed by atoms with Crippen molar-refractivity contribution in [3.8, 4) is 0 Å². The second-order valence-electron chi connectivity index (χ2n) is 9.28. The molecule has 35 heavy (non-hydrogen) atoms. The molecule has 1 radical (unpaired) electrons. The Hall–Kier alpha value is -3.15. The van der Waals surface area contributed by atoms with Gasteiger partial charge >= 0.3 is 0 Å². The number of fused-ring (bicyclic) bond motifs is 1. The summed E-state index contributed by atoms with van der Waals surface area (Å²) >= 11 is 0. The molecule has 1 aliphatic heterocycles. The number of hydrogen-bond donors (Lipinski definition) is 1. The van der Waals surface area contributed by atoms with E-state index in [1.807, 2.05) is 36.4 Å². The largest absolute Gasteiger partial charge is 0.492 e. The van der Waals surface area contributed by atoms with Crippen LogP contribution in [0.2, 0.25) is 0 Å². The molecule has 4 rings (SSSR count). The Kier molecular flexibility index (Phi) is 8.70. The van der Waals surface area contributed by atoms with Gasteiger partial charge in [0.15, 0.2) is 0 Å². The first-order valence-corrected chi connectivity index (χ1v) is 12.0. The molecular weight excluding hydrogens is 477 g/mol. The molecule has 4 nitrogen and oxygen atoms in total. The Balaban J connectivity index is 0.00000342. The molecule has 0 aromatic heterocycles. The SMILES string of the molecule is CCN1\C(=C/C=N/N=C(\O)c2ccccc2)C(C)(Cc2ccccc2)c2cc(C(C)C)ccc21.[Co]. The predicted octanol–water partition coefficient (Wildman–Crippen LogP) is 7.02. The molecule has 3 aromatic carbocycles. The average molecular weight is 511 g/mol. The Bertz CT molecular complexity index is 1220. The maximum atomic E-state index is 10.2. The minimum atomic E-state index is -0.213. The van der Waals surface area contributed by atoms with Gasteiger partial charge in [0, 0.05) is 45.7 Å². The van der Waals surface area contributed by atoms with Gasteiger partial charge in [-0.1, -0.05) is 74.5 Å². The molecule has 0 aliphatic carbocycles. The number of benzene rings is 3. The van der Waals surface area contributed by atoms with Gasteiger partial charge < -0.3 is 10.0 Å². The number of allylic oxidation sites excluding steroid dienone is 2. The van der Waals surface area contributed by atoms with E-state index in [0.717, 1.165) is 13.0 Å². The minimum Gasteiger partial charge on any atom is -0.492 e. The first kappa shape index (κ1) is 26.5. The van der Waals surface area contributed by atoms with Crippen molar-refractivity contribution in [1.29, 1.82) is 0 Å². The molecule has 5 heteroatoms. The molecule has 1 N–H and O–H groups in total. The quantitative estimate of drug-likeness (QED) is 0.211. The summed E-state index contributed by atoms with van der Waals surface area (Å²) in [5.74, 6) is 0.372. The smallest absolute Gasteiger partial charge is 0.238 e. The van der Waals surface area contributed by atoms with Crippen LogP contribution in [0.1, 0.15) is 55.9 Å². The number of likely N-dealkylation sites (N-methyl/N-ethyl adjacent to an activating group) is 1. The van der Waals surface area contributed by atoms with Gasteiger partial charge in [-0.15, -0.1) is 5.10 Å². The molecule has 0 amide bonds. The topological polar surface area (TPSA) is 48.2 Å². The molecule has 3 aromatic rings. The van der Waals surface area contributed by atoms with Gasteiger partial charge in [-0.3, -0.25) is 0 Å². The summed E-state index contributed by atoms with van der Waals surface area (Å²) in [4.78, 5) is 2.37. The minimum absolute atomic E-state index is 0. The van der Waals surface area contributed by atoms with Crippen LogP contribution in [0.25, 0.3) is 0 Å². The van der Waals surface area contributed by atoms with Crippen LogP contribution >= 0.6 is 0 Å². The van der Waals surface area contributed by atoms with E-state index >= 15 is 0 Å². The molecular formula is C30H33CoN3O. The van der Waals surface area contributed by atoms with E-state index in [2.05, 4.69) is 91.3 Å². The van der Waals surface area contributed by atoms with Gasteiger partial charge in [-0.05, 0) is 67.2 Å². The summed E-state index contributed by atoms with van der Waals surface area (Å²) < 4.78 is 0. The zero-order valence-electron chi connectivity index (χ0n) is 20.8. The molecule has 0 saturated carbocycles. The Morgan fingerprint density at radius 1 is 1.00 bits per heavy atom. The van der Waals surface area contributed by atoms with Crippen LogP contribution in [-0.4, -0.2) is 23.8 Å². The van der Waals surface area contributed by atoms with E-state index < -0.39 is 0 Å². The summed E-state index contributed by atoms with van der Waals surface area (Å²) in [7, 11) is 0. The molecule has 0 bridgehead atoms. The predicted molar refractivity (Wildman–Crippen MR) is 143 cm³/mol. The second kappa shape index (κ2) is 11.5. The van der Waals surface area contributed by atoms with Gasteiger partial charge in [0.2, 0.25) is 5.90 Å². The number of aliphatic hydroxyl groups is 1. The molecule has 0 saturated heterocycles. The van der Waals surface area contributed by atoms with Crippen LogP contribution in [-0.2, 0) is 28.6 Å². The molecule has 0 spiro atoms. The van der Waals surface area contributed by atoms with Crippen LogP contribution in [0.4, 0.5) is 5.69 Å². The number of hydrogen-bond acceptors (Lipinski definition) is 3. The van der Waals surface area contributed by atoms with Gasteiger partial charge in [0.25, 0.3) is 0 Å². The third kappa shape index (κ3) is 5.58. The van der Waals surface area contributed by atoms with Crippen LogP contribution in [0.3, 0.4) is 0 Å². The number of rotatable bonds is 7. The van der Waals surface area contributed by atoms with E-state index in [1.165, 1.54) is 28.1 Å². The molecule has 1 unspecified atom stereocenters. The van der Waals surface area contributed by atoms with Gasteiger partial charge in [-0.2, -0.15) is 5.10 Å². The first-order valence-electron chi connectivity index (χ1n) is 12.0. The van der Waals surface area contributed by atoms with E-state index in [0.29, 0.717) is 11.5 Å². The van der Waals surface area contributed by atoms with Crippen molar-refractivity contribution < 1.29 is 21.9 Å². The average Bonchev–Trinajstić information content (AvgIpc) is 3.09. The Morgan fingerprint density at radius 3 is 2.29 bits per heavy atom. The van der Waals surface area contributed by atoms with Crippen molar-refractivity contribution in [1.82, 2.24) is 0 Å². The van der Waals surface area contributed by atoms with Gasteiger partial charge in [-0.25, -0.2) is 0 Å². The van der Waals surface area contributed by atoms with Crippen LogP contribution < -0.4 is 4.90 Å². The van der Waals surface area contributed by atoms with Crippen molar-refractivity contribution in [2.45, 2.75) is 45.4 Å². The van der Waals surface area contributed by atoms with Gasteiger partial charge in [0.1, 0.15) is 0 Å². The van der Waals surface area contributed by atoms with E-state index in [-0.39, 0.29) is 28.1 Å². The Labute approximate surface area is 219 Å². The second-order valence-corrected chi connectivity index (χ2v) is 9.28. The van der Waals surface area contributed by atoms with Crippen molar-refractivity contribution in [3.63, 3.8) is 0 Å². The van der Waals surface area contributed by atoms with Gasteiger partial charge in [0.05, 0.1) is 6.21 Å². The number of anilines is 1. The summed E-state index contributed by atoms with van der Waals surface area (Å²) in [5, 5.41) is 18.4. The van der Waals surface area contributed by atoms with Crippen molar-refractivity contribution in [2.75, 3.05) is 11.4 Å². The maximum Gasteiger partial charge on any atom is 0.238 e. The fraction of sp³-hybridized carbons (Fsp3) is 0.267. The molecule has 1 atom stereocenters. The van der Waals surface area contributed by atoms with Crippen LogP contribution in [0.5, 0.6) is 0 Å².